The number of carboxylic acids is 1. The van der Waals surface area contributed by atoms with Gasteiger partial charge in [-0.1, -0.05) is 23.9 Å². The lowest BCUT2D eigenvalue weighted by Gasteiger charge is -2.06. The van der Waals surface area contributed by atoms with Gasteiger partial charge < -0.3 is 14.6 Å². The van der Waals surface area contributed by atoms with E-state index in [1.165, 1.54) is 17.7 Å². The van der Waals surface area contributed by atoms with Gasteiger partial charge in [0.1, 0.15) is 21.9 Å². The predicted molar refractivity (Wildman–Crippen MR) is 85.1 cm³/mol. The highest BCUT2D eigenvalue weighted by atomic mass is 32.2. The van der Waals surface area contributed by atoms with Crippen LogP contribution in [0.5, 0.6) is 5.75 Å². The second-order valence-corrected chi connectivity index (χ2v) is 6.22. The first-order valence-electron chi connectivity index (χ1n) is 6.38. The monoisotopic (exact) mass is 331 g/mol. The number of carbonyl (C=O) groups is 1. The molecule has 0 amide bonds. The Labute approximate surface area is 135 Å². The fourth-order valence-corrected chi connectivity index (χ4v) is 3.78. The van der Waals surface area contributed by atoms with E-state index in [2.05, 4.69) is 9.97 Å². The second kappa shape index (κ2) is 6.33. The van der Waals surface area contributed by atoms with Crippen molar-refractivity contribution >= 4 is 39.3 Å². The quantitative estimate of drug-likeness (QED) is 0.527. The molecule has 0 spiro atoms. The van der Waals surface area contributed by atoms with Gasteiger partial charge in [0.2, 0.25) is 0 Å². The highest BCUT2D eigenvalue weighted by molar-refractivity contribution is 8.00. The van der Waals surface area contributed by atoms with Crippen LogP contribution in [0.4, 0.5) is 0 Å². The lowest BCUT2D eigenvalue weighted by atomic mass is 10.1. The topological polar surface area (TPSA) is 75.1 Å². The zero-order valence-corrected chi connectivity index (χ0v) is 13.2. The molecule has 3 aromatic rings. The molecule has 112 valence electrons. The van der Waals surface area contributed by atoms with Crippen LogP contribution in [0.15, 0.2) is 41.0 Å². The number of nitrogens with zero attached hydrogens (tertiary/aromatic N) is 2. The summed E-state index contributed by atoms with van der Waals surface area (Å²) in [6, 6.07) is 7.69. The molecule has 0 fully saturated rings. The number of thioether (sulfide) groups is 1. The van der Waals surface area contributed by atoms with Crippen LogP contribution in [0, 0.1) is 0 Å². The molecule has 0 aliphatic carbocycles. The van der Waals surface area contributed by atoms with Gasteiger partial charge in [-0.2, -0.15) is 0 Å². The van der Waals surface area contributed by atoms with Crippen molar-refractivity contribution in [1.29, 1.82) is 0 Å². The molecular formula is C15H11N2O3S2-. The van der Waals surface area contributed by atoms with Crippen LogP contribution >= 0.6 is 23.1 Å². The number of methoxy groups -OCH3 is 1. The molecule has 3 rings (SSSR count). The maximum Gasteiger partial charge on any atom is 0.128 e. The van der Waals surface area contributed by atoms with Crippen LogP contribution in [0.25, 0.3) is 21.3 Å². The third-order valence-electron chi connectivity index (χ3n) is 3.06. The summed E-state index contributed by atoms with van der Waals surface area (Å²) in [7, 11) is 1.62. The Kier molecular flexibility index (Phi) is 4.26. The fraction of sp³-hybridized carbons (Fsp3) is 0.133. The maximum absolute atomic E-state index is 10.7. The van der Waals surface area contributed by atoms with Gasteiger partial charge in [-0.15, -0.1) is 11.3 Å². The smallest absolute Gasteiger partial charge is 0.128 e. The summed E-state index contributed by atoms with van der Waals surface area (Å²) in [5.74, 6) is -0.464. The first-order chi connectivity index (χ1) is 10.7. The Morgan fingerprint density at radius 2 is 2.09 bits per heavy atom. The molecule has 22 heavy (non-hydrogen) atoms. The Morgan fingerprint density at radius 1 is 1.32 bits per heavy atom. The lowest BCUT2D eigenvalue weighted by Crippen LogP contribution is -2.24. The minimum Gasteiger partial charge on any atom is -0.549 e. The van der Waals surface area contributed by atoms with Crippen molar-refractivity contribution in [1.82, 2.24) is 9.97 Å². The van der Waals surface area contributed by atoms with Crippen molar-refractivity contribution in [3.05, 3.63) is 36.0 Å². The van der Waals surface area contributed by atoms with Crippen molar-refractivity contribution < 1.29 is 14.6 Å². The van der Waals surface area contributed by atoms with E-state index in [1.807, 2.05) is 29.6 Å². The fourth-order valence-electron chi connectivity index (χ4n) is 2.07. The third-order valence-corrected chi connectivity index (χ3v) is 4.91. The minimum absolute atomic E-state index is 0.135. The Morgan fingerprint density at radius 3 is 2.77 bits per heavy atom. The molecule has 0 aliphatic heterocycles. The normalized spacial score (nSPS) is 10.8. The van der Waals surface area contributed by atoms with E-state index in [4.69, 9.17) is 4.74 Å². The van der Waals surface area contributed by atoms with E-state index in [-0.39, 0.29) is 5.75 Å². The molecule has 0 radical (unpaired) electrons. The van der Waals surface area contributed by atoms with E-state index >= 15 is 0 Å². The molecule has 2 aromatic heterocycles. The molecule has 0 saturated heterocycles. The summed E-state index contributed by atoms with van der Waals surface area (Å²) in [6.45, 7) is 0. The zero-order chi connectivity index (χ0) is 15.5. The molecule has 0 atom stereocenters. The van der Waals surface area contributed by atoms with Gasteiger partial charge in [0, 0.05) is 16.7 Å². The molecule has 0 unspecified atom stereocenters. The number of ether oxygens (including phenoxy) is 1. The van der Waals surface area contributed by atoms with Crippen molar-refractivity contribution in [2.75, 3.05) is 12.9 Å². The van der Waals surface area contributed by atoms with Crippen molar-refractivity contribution in [2.45, 2.75) is 5.03 Å². The van der Waals surface area contributed by atoms with Crippen molar-refractivity contribution in [3.8, 4) is 16.9 Å². The number of aromatic nitrogens is 2. The highest BCUT2D eigenvalue weighted by Crippen LogP contribution is 2.38. The van der Waals surface area contributed by atoms with Gasteiger partial charge in [0.15, 0.2) is 0 Å². The molecule has 0 aliphatic rings. The van der Waals surface area contributed by atoms with Gasteiger partial charge in [-0.05, 0) is 17.7 Å². The van der Waals surface area contributed by atoms with Crippen LogP contribution in [0.1, 0.15) is 0 Å². The Bertz CT molecular complexity index is 815. The van der Waals surface area contributed by atoms with E-state index in [0.29, 0.717) is 5.03 Å². The number of rotatable bonds is 5. The highest BCUT2D eigenvalue weighted by Gasteiger charge is 2.13. The molecule has 0 bridgehead atoms. The molecule has 1 aromatic carbocycles. The van der Waals surface area contributed by atoms with E-state index in [0.717, 1.165) is 38.9 Å². The average molecular weight is 331 g/mol. The number of hydrogen-bond acceptors (Lipinski definition) is 7. The van der Waals surface area contributed by atoms with Crippen LogP contribution in [0.3, 0.4) is 0 Å². The predicted octanol–water partition coefficient (Wildman–Crippen LogP) is 2.21. The number of benzene rings is 1. The van der Waals surface area contributed by atoms with Crippen LogP contribution in [-0.4, -0.2) is 28.8 Å². The Hall–Kier alpha value is -2.12. The van der Waals surface area contributed by atoms with Gasteiger partial charge in [-0.25, -0.2) is 9.97 Å². The summed E-state index contributed by atoms with van der Waals surface area (Å²) in [5, 5.41) is 14.2. The maximum atomic E-state index is 10.7. The van der Waals surface area contributed by atoms with Crippen LogP contribution < -0.4 is 9.84 Å². The van der Waals surface area contributed by atoms with Gasteiger partial charge in [-0.3, -0.25) is 0 Å². The second-order valence-electron chi connectivity index (χ2n) is 4.40. The first-order valence-corrected chi connectivity index (χ1v) is 8.25. The number of aliphatic carboxylic acids is 1. The van der Waals surface area contributed by atoms with E-state index in [9.17, 15) is 9.90 Å². The summed E-state index contributed by atoms with van der Waals surface area (Å²) >= 11 is 2.66. The Balaban J connectivity index is 2.07. The van der Waals surface area contributed by atoms with E-state index in [1.54, 1.807) is 7.11 Å². The van der Waals surface area contributed by atoms with Gasteiger partial charge in [0.05, 0.1) is 18.5 Å². The molecule has 0 saturated carbocycles. The first kappa shape index (κ1) is 14.8. The molecule has 0 N–H and O–H groups in total. The largest absolute Gasteiger partial charge is 0.549 e. The minimum atomic E-state index is -1.11. The van der Waals surface area contributed by atoms with Crippen LogP contribution in [-0.2, 0) is 4.79 Å². The van der Waals surface area contributed by atoms with E-state index < -0.39 is 5.97 Å². The standard InChI is InChI=1S/C15H12N2O3S2/c1-20-10-4-2-9(3-5-10)11-6-21-14-13(11)15(17-8-16-14)22-7-12(18)19/h2-6,8H,7H2,1H3,(H,18,19)/p-1. The summed E-state index contributed by atoms with van der Waals surface area (Å²) in [5.41, 5.74) is 2.00. The number of hydrogen-bond donors (Lipinski definition) is 0. The number of carbonyl (C=O) groups excluding carboxylic acids is 1. The summed E-state index contributed by atoms with van der Waals surface area (Å²) < 4.78 is 5.16. The van der Waals surface area contributed by atoms with Gasteiger partial charge >= 0.3 is 0 Å². The van der Waals surface area contributed by atoms with Gasteiger partial charge in [0.25, 0.3) is 0 Å². The number of carboxylic acid groups (broad SMARTS) is 1. The summed E-state index contributed by atoms with van der Waals surface area (Å²) in [4.78, 5) is 20.0. The van der Waals surface area contributed by atoms with Crippen molar-refractivity contribution in [3.63, 3.8) is 0 Å². The summed E-state index contributed by atoms with van der Waals surface area (Å²) in [6.07, 6.45) is 1.45. The molecule has 2 heterocycles. The SMILES string of the molecule is COc1ccc(-c2csc3ncnc(SCC(=O)[O-])c23)cc1. The average Bonchev–Trinajstić information content (AvgIpc) is 2.97. The zero-order valence-electron chi connectivity index (χ0n) is 11.6. The molecule has 7 heteroatoms. The lowest BCUT2D eigenvalue weighted by molar-refractivity contribution is -0.301. The third kappa shape index (κ3) is 2.90. The van der Waals surface area contributed by atoms with Crippen molar-refractivity contribution in [2.24, 2.45) is 0 Å². The molecule has 5 nitrogen and oxygen atoms in total. The molecular weight excluding hydrogens is 320 g/mol. The van der Waals surface area contributed by atoms with Crippen LogP contribution in [0.2, 0.25) is 0 Å². The number of fused-ring (bicyclic) bond motifs is 1. The number of thiophene rings is 1.